The molecule has 0 spiro atoms. The average molecular weight is 315 g/mol. The van der Waals surface area contributed by atoms with Crippen molar-refractivity contribution in [2.75, 3.05) is 0 Å². The summed E-state index contributed by atoms with van der Waals surface area (Å²) in [6.45, 7) is 1.94. The van der Waals surface area contributed by atoms with Crippen LogP contribution in [0.25, 0.3) is 0 Å². The fourth-order valence-electron chi connectivity index (χ4n) is 0.628. The molecular formula is C7H8OPb. The minimum atomic E-state index is 0. The first-order valence-corrected chi connectivity index (χ1v) is 2.54. The molecule has 1 aromatic carbocycles. The van der Waals surface area contributed by atoms with E-state index >= 15 is 0 Å². The minimum absolute atomic E-state index is 0. The van der Waals surface area contributed by atoms with Gasteiger partial charge in [0.2, 0.25) is 0 Å². The summed E-state index contributed by atoms with van der Waals surface area (Å²) in [5, 5.41) is 8.81. The Labute approximate surface area is 74.9 Å². The van der Waals surface area contributed by atoms with Crippen molar-refractivity contribution < 1.29 is 5.11 Å². The molecule has 46 valence electrons. The van der Waals surface area contributed by atoms with E-state index in [-0.39, 0.29) is 27.3 Å². The van der Waals surface area contributed by atoms with E-state index in [2.05, 4.69) is 0 Å². The minimum Gasteiger partial charge on any atom is -0.508 e. The van der Waals surface area contributed by atoms with Gasteiger partial charge in [0.25, 0.3) is 0 Å². The van der Waals surface area contributed by atoms with E-state index in [4.69, 9.17) is 5.11 Å². The molecule has 0 aromatic heterocycles. The summed E-state index contributed by atoms with van der Waals surface area (Å²) >= 11 is 0. The van der Waals surface area contributed by atoms with Gasteiger partial charge < -0.3 is 5.11 Å². The molecule has 9 heavy (non-hydrogen) atoms. The molecule has 0 atom stereocenters. The van der Waals surface area contributed by atoms with E-state index in [9.17, 15) is 0 Å². The Bertz CT molecular complexity index is 169. The Morgan fingerprint density at radius 2 is 2.00 bits per heavy atom. The SMILES string of the molecule is Cc1cccc(O)c1.[Pb]. The molecule has 0 unspecified atom stereocenters. The van der Waals surface area contributed by atoms with E-state index in [0.717, 1.165) is 5.56 Å². The maximum Gasteiger partial charge on any atom is 0.115 e. The van der Waals surface area contributed by atoms with Crippen LogP contribution in [-0.4, -0.2) is 32.4 Å². The Hall–Kier alpha value is -0.0579. The molecule has 2 heteroatoms. The van der Waals surface area contributed by atoms with E-state index in [1.54, 1.807) is 12.1 Å². The van der Waals surface area contributed by atoms with Crippen LogP contribution < -0.4 is 0 Å². The number of aromatic hydroxyl groups is 1. The van der Waals surface area contributed by atoms with Gasteiger partial charge in [0.15, 0.2) is 0 Å². The van der Waals surface area contributed by atoms with Crippen LogP contribution in [0.2, 0.25) is 0 Å². The largest absolute Gasteiger partial charge is 0.508 e. The zero-order valence-corrected chi connectivity index (χ0v) is 9.14. The van der Waals surface area contributed by atoms with E-state index < -0.39 is 0 Å². The molecular weight excluding hydrogens is 307 g/mol. The van der Waals surface area contributed by atoms with Crippen LogP contribution in [0.4, 0.5) is 0 Å². The zero-order valence-electron chi connectivity index (χ0n) is 5.26. The normalized spacial score (nSPS) is 8.11. The number of aryl methyl sites for hydroxylation is 1. The first-order chi connectivity index (χ1) is 3.79. The van der Waals surface area contributed by atoms with Crippen molar-refractivity contribution >= 4 is 27.3 Å². The molecule has 0 aliphatic heterocycles. The van der Waals surface area contributed by atoms with Gasteiger partial charge in [-0.3, -0.25) is 0 Å². The molecule has 4 radical (unpaired) electrons. The van der Waals surface area contributed by atoms with Gasteiger partial charge in [0.1, 0.15) is 5.75 Å². The van der Waals surface area contributed by atoms with Gasteiger partial charge in [-0.25, -0.2) is 0 Å². The summed E-state index contributed by atoms with van der Waals surface area (Å²) < 4.78 is 0. The Morgan fingerprint density at radius 3 is 2.33 bits per heavy atom. The Kier molecular flexibility index (Phi) is 3.85. The Balaban J connectivity index is 0.000000640. The van der Waals surface area contributed by atoms with Crippen molar-refractivity contribution in [2.24, 2.45) is 0 Å². The van der Waals surface area contributed by atoms with Crippen molar-refractivity contribution in [3.63, 3.8) is 0 Å². The van der Waals surface area contributed by atoms with Crippen LogP contribution in [0.5, 0.6) is 5.75 Å². The summed E-state index contributed by atoms with van der Waals surface area (Å²) in [6.07, 6.45) is 0. The van der Waals surface area contributed by atoms with Gasteiger partial charge in [0, 0.05) is 27.3 Å². The summed E-state index contributed by atoms with van der Waals surface area (Å²) in [4.78, 5) is 0. The van der Waals surface area contributed by atoms with Gasteiger partial charge in [-0.15, -0.1) is 0 Å². The topological polar surface area (TPSA) is 20.2 Å². The smallest absolute Gasteiger partial charge is 0.115 e. The zero-order chi connectivity index (χ0) is 5.98. The summed E-state index contributed by atoms with van der Waals surface area (Å²) in [5.74, 6) is 0.338. The van der Waals surface area contributed by atoms with E-state index in [1.807, 2.05) is 19.1 Å². The van der Waals surface area contributed by atoms with Crippen molar-refractivity contribution in [2.45, 2.75) is 6.92 Å². The first-order valence-electron chi connectivity index (χ1n) is 2.54. The molecule has 0 heterocycles. The average Bonchev–Trinajstić information content (AvgIpc) is 1.64. The maximum absolute atomic E-state index is 8.81. The molecule has 1 N–H and O–H groups in total. The van der Waals surface area contributed by atoms with Gasteiger partial charge in [-0.1, -0.05) is 12.1 Å². The van der Waals surface area contributed by atoms with Crippen molar-refractivity contribution in [3.05, 3.63) is 29.8 Å². The van der Waals surface area contributed by atoms with Crippen LogP contribution >= 0.6 is 0 Å². The number of hydrogen-bond donors (Lipinski definition) is 1. The Morgan fingerprint density at radius 1 is 1.33 bits per heavy atom. The fourth-order valence-corrected chi connectivity index (χ4v) is 0.628. The number of hydrogen-bond acceptors (Lipinski definition) is 1. The van der Waals surface area contributed by atoms with Crippen molar-refractivity contribution in [1.82, 2.24) is 0 Å². The number of phenolic OH excluding ortho intramolecular Hbond substituents is 1. The third kappa shape index (κ3) is 2.84. The predicted octanol–water partition coefficient (Wildman–Crippen LogP) is 1.32. The van der Waals surface area contributed by atoms with Gasteiger partial charge >= 0.3 is 0 Å². The van der Waals surface area contributed by atoms with Gasteiger partial charge in [0.05, 0.1) is 0 Å². The van der Waals surface area contributed by atoms with Gasteiger partial charge in [-0.05, 0) is 24.6 Å². The van der Waals surface area contributed by atoms with Crippen molar-refractivity contribution in [1.29, 1.82) is 0 Å². The van der Waals surface area contributed by atoms with Crippen molar-refractivity contribution in [3.8, 4) is 5.75 Å². The number of benzene rings is 1. The number of rotatable bonds is 0. The summed E-state index contributed by atoms with van der Waals surface area (Å²) in [5.41, 5.74) is 1.09. The third-order valence-corrected chi connectivity index (χ3v) is 1.00. The summed E-state index contributed by atoms with van der Waals surface area (Å²) in [6, 6.07) is 7.15. The molecule has 0 saturated carbocycles. The molecule has 1 rings (SSSR count). The second-order valence-corrected chi connectivity index (χ2v) is 1.84. The van der Waals surface area contributed by atoms with E-state index in [0.29, 0.717) is 5.75 Å². The molecule has 0 bridgehead atoms. The first kappa shape index (κ1) is 8.94. The standard InChI is InChI=1S/C7H8O.Pb/c1-6-3-2-4-7(8)5-6;/h2-5,8H,1H3;. The van der Waals surface area contributed by atoms with Crippen LogP contribution in [-0.2, 0) is 0 Å². The van der Waals surface area contributed by atoms with Crippen LogP contribution in [0.1, 0.15) is 5.56 Å². The molecule has 0 aliphatic carbocycles. The summed E-state index contributed by atoms with van der Waals surface area (Å²) in [7, 11) is 0. The number of phenols is 1. The third-order valence-electron chi connectivity index (χ3n) is 1.00. The molecule has 1 aromatic rings. The quantitative estimate of drug-likeness (QED) is 0.716. The molecule has 1 nitrogen and oxygen atoms in total. The van der Waals surface area contributed by atoms with Crippen LogP contribution in [0.15, 0.2) is 24.3 Å². The second-order valence-electron chi connectivity index (χ2n) is 1.84. The van der Waals surface area contributed by atoms with E-state index in [1.165, 1.54) is 0 Å². The molecule has 0 saturated heterocycles. The second kappa shape index (κ2) is 3.87. The van der Waals surface area contributed by atoms with Crippen LogP contribution in [0, 0.1) is 6.92 Å². The molecule has 0 fully saturated rings. The van der Waals surface area contributed by atoms with Gasteiger partial charge in [-0.2, -0.15) is 0 Å². The predicted molar refractivity (Wildman–Crippen MR) is 38.6 cm³/mol. The maximum atomic E-state index is 8.81. The monoisotopic (exact) mass is 316 g/mol. The molecule has 0 aliphatic rings. The fraction of sp³-hybridized carbons (Fsp3) is 0.143. The van der Waals surface area contributed by atoms with Crippen LogP contribution in [0.3, 0.4) is 0 Å². The molecule has 0 amide bonds.